The highest BCUT2D eigenvalue weighted by atomic mass is 31.2. The smallest absolute Gasteiger partial charge is 0.459 e. The number of anilines is 1. The summed E-state index contributed by atoms with van der Waals surface area (Å²) in [5, 5.41) is 30.5. The van der Waals surface area contributed by atoms with Crippen LogP contribution in [0, 0.1) is 11.8 Å². The summed E-state index contributed by atoms with van der Waals surface area (Å²) in [7, 11) is -4.31. The van der Waals surface area contributed by atoms with Crippen molar-refractivity contribution in [1.29, 1.82) is 0 Å². The van der Waals surface area contributed by atoms with Crippen LogP contribution < -0.4 is 16.1 Å². The Morgan fingerprint density at radius 2 is 1.85 bits per heavy atom. The molecule has 258 valence electrons. The second-order valence-corrected chi connectivity index (χ2v) is 13.0. The fourth-order valence-electron chi connectivity index (χ4n) is 4.40. The van der Waals surface area contributed by atoms with Gasteiger partial charge in [0.05, 0.1) is 19.4 Å². The number of aliphatic hydroxyl groups is 2. The number of nitrogens with one attached hydrogen (secondary N) is 2. The van der Waals surface area contributed by atoms with Gasteiger partial charge in [-0.2, -0.15) is 19.9 Å². The number of nitrogens with zero attached hydrogens (tertiary/aromatic N) is 3. The van der Waals surface area contributed by atoms with E-state index in [1.165, 1.54) is 26.0 Å². The number of esters is 1. The van der Waals surface area contributed by atoms with Crippen molar-refractivity contribution in [1.82, 2.24) is 19.9 Å². The quantitative estimate of drug-likeness (QED) is 0.0724. The first-order valence-corrected chi connectivity index (χ1v) is 16.9. The summed E-state index contributed by atoms with van der Waals surface area (Å²) in [5.74, 6) is -1.02. The van der Waals surface area contributed by atoms with Crippen LogP contribution in [0.4, 0.5) is 5.82 Å². The Labute approximate surface area is 269 Å². The van der Waals surface area contributed by atoms with Gasteiger partial charge < -0.3 is 29.5 Å². The number of aromatic nitrogens is 3. The minimum Gasteiger partial charge on any atom is -0.464 e. The van der Waals surface area contributed by atoms with Crippen molar-refractivity contribution in [3.05, 3.63) is 53.3 Å². The number of amides is 1. The van der Waals surface area contributed by atoms with Crippen molar-refractivity contribution < 1.29 is 42.9 Å². The summed E-state index contributed by atoms with van der Waals surface area (Å²) in [6.07, 6.45) is 4.34. The van der Waals surface area contributed by atoms with Crippen molar-refractivity contribution in [2.75, 3.05) is 18.5 Å². The zero-order chi connectivity index (χ0) is 34.4. The van der Waals surface area contributed by atoms with E-state index in [1.54, 1.807) is 12.2 Å². The lowest BCUT2D eigenvalue weighted by Gasteiger charge is -2.25. The van der Waals surface area contributed by atoms with E-state index >= 15 is 0 Å². The maximum atomic E-state index is 13.8. The van der Waals surface area contributed by atoms with Gasteiger partial charge >= 0.3 is 19.4 Å². The molecule has 1 aliphatic heterocycles. The summed E-state index contributed by atoms with van der Waals surface area (Å²) in [6, 6.07) is -1.11. The van der Waals surface area contributed by atoms with Gasteiger partial charge in [0.15, 0.2) is 12.0 Å². The first-order valence-electron chi connectivity index (χ1n) is 15.4. The van der Waals surface area contributed by atoms with Crippen LogP contribution in [0.15, 0.2) is 47.6 Å². The van der Waals surface area contributed by atoms with E-state index in [2.05, 4.69) is 27.1 Å². The zero-order valence-electron chi connectivity index (χ0n) is 27.3. The van der Waals surface area contributed by atoms with E-state index < -0.39 is 56.6 Å². The molecule has 2 heterocycles. The first-order chi connectivity index (χ1) is 21.7. The van der Waals surface area contributed by atoms with Gasteiger partial charge in [-0.1, -0.05) is 65.3 Å². The number of allylic oxidation sites excluding steroid dienone is 5. The van der Waals surface area contributed by atoms with Crippen LogP contribution in [-0.2, 0) is 32.7 Å². The maximum absolute atomic E-state index is 13.8. The molecule has 3 unspecified atom stereocenters. The monoisotopic (exact) mass is 669 g/mol. The third-order valence-electron chi connectivity index (χ3n) is 6.71. The molecule has 1 aromatic rings. The molecule has 1 fully saturated rings. The average molecular weight is 670 g/mol. The van der Waals surface area contributed by atoms with Crippen molar-refractivity contribution >= 4 is 25.4 Å². The van der Waals surface area contributed by atoms with Gasteiger partial charge in [0.25, 0.3) is 0 Å². The predicted molar refractivity (Wildman–Crippen MR) is 170 cm³/mol. The Hall–Kier alpha value is -3.20. The fraction of sp³-hybridized carbons (Fsp3) is 0.633. The van der Waals surface area contributed by atoms with E-state index in [0.717, 1.165) is 23.7 Å². The Kier molecular flexibility index (Phi) is 16.0. The maximum Gasteiger partial charge on any atom is 0.459 e. The molecule has 46 heavy (non-hydrogen) atoms. The third-order valence-corrected chi connectivity index (χ3v) is 8.43. The number of ether oxygens (including phenoxy) is 2. The predicted octanol–water partition coefficient (Wildman–Crippen LogP) is 3.38. The summed E-state index contributed by atoms with van der Waals surface area (Å²) < 4.78 is 36.5. The number of carbonyl (C=O) groups is 2. The van der Waals surface area contributed by atoms with Crippen LogP contribution in [-0.4, -0.2) is 74.4 Å². The van der Waals surface area contributed by atoms with Crippen molar-refractivity contribution in [2.45, 2.75) is 97.8 Å². The third kappa shape index (κ3) is 11.9. The molecule has 1 aromatic heterocycles. The molecule has 0 radical (unpaired) electrons. The lowest BCUT2D eigenvalue weighted by molar-refractivity contribution is -0.146. The Morgan fingerprint density at radius 3 is 2.43 bits per heavy atom. The second-order valence-electron chi connectivity index (χ2n) is 11.3. The highest BCUT2D eigenvalue weighted by molar-refractivity contribution is 7.51. The van der Waals surface area contributed by atoms with Gasteiger partial charge in [-0.05, 0) is 38.7 Å². The molecule has 1 aliphatic rings. The molecule has 0 aromatic carbocycles. The molecule has 6 atom stereocenters. The number of aliphatic hydroxyl groups excluding tert-OH is 2. The van der Waals surface area contributed by atoms with Crippen LogP contribution in [0.1, 0.15) is 73.5 Å². The summed E-state index contributed by atoms with van der Waals surface area (Å²) in [4.78, 5) is 41.8. The molecule has 0 aliphatic carbocycles. The Bertz CT molecular complexity index is 1330. The summed E-state index contributed by atoms with van der Waals surface area (Å²) >= 11 is 0. The highest BCUT2D eigenvalue weighted by Gasteiger charge is 2.46. The van der Waals surface area contributed by atoms with Gasteiger partial charge in [-0.25, -0.2) is 9.36 Å². The molecule has 0 saturated carbocycles. The molecule has 15 nitrogen and oxygen atoms in total. The molecule has 0 spiro atoms. The van der Waals surface area contributed by atoms with Gasteiger partial charge in [0, 0.05) is 5.92 Å². The molecule has 0 bridgehead atoms. The second kappa shape index (κ2) is 18.8. The molecular weight excluding hydrogens is 621 g/mol. The normalized spacial score (nSPS) is 22.2. The molecule has 1 saturated heterocycles. The lowest BCUT2D eigenvalue weighted by atomic mass is 9.97. The molecule has 1 amide bonds. The topological polar surface area (TPSA) is 200 Å². The minimum atomic E-state index is -4.31. The first kappa shape index (κ1) is 39.0. The minimum absolute atomic E-state index is 0.0621. The summed E-state index contributed by atoms with van der Waals surface area (Å²) in [6.45, 7) is 13.8. The van der Waals surface area contributed by atoms with Crippen LogP contribution in [0.5, 0.6) is 0 Å². The Balaban J connectivity index is 2.19. The van der Waals surface area contributed by atoms with E-state index in [9.17, 15) is 29.2 Å². The molecule has 2 rings (SSSR count). The van der Waals surface area contributed by atoms with Crippen molar-refractivity contribution in [3.63, 3.8) is 0 Å². The largest absolute Gasteiger partial charge is 0.464 e. The van der Waals surface area contributed by atoms with Crippen LogP contribution in [0.2, 0.25) is 0 Å². The number of carbonyl (C=O) groups excluding carboxylic acids is 2. The van der Waals surface area contributed by atoms with Crippen molar-refractivity contribution in [3.8, 4) is 0 Å². The van der Waals surface area contributed by atoms with E-state index in [4.69, 9.17) is 18.5 Å². The van der Waals surface area contributed by atoms with Crippen LogP contribution in [0.3, 0.4) is 0 Å². The molecular formula is C30H48N5O10P. The van der Waals surface area contributed by atoms with Crippen LogP contribution in [0.25, 0.3) is 0 Å². The standard InChI is InChI=1S/C30H48N5O10P/c1-8-11-12-15-20(6)45-46(41,34-21(7)29(39)42-17-19(4)5)43-18-23-25(36)26(37)28(44-23)35-30(40)33-24(16-31-35)32-27(38)22(13-9-2)14-10-3/h8,11-12,15-16,19,21-23,25-26,28,36-37H,1,9-10,13-14,17-18H2,2-7H3,(H,34,41)(H,32,33,38,40)/b12-11-,20-15+/t21-,23+,25?,26?,28+,46?/m0/s1. The van der Waals surface area contributed by atoms with Gasteiger partial charge in [0.2, 0.25) is 5.91 Å². The zero-order valence-corrected chi connectivity index (χ0v) is 28.2. The average Bonchev–Trinajstić information content (AvgIpc) is 3.27. The van der Waals surface area contributed by atoms with Gasteiger partial charge in [0.1, 0.15) is 30.1 Å². The molecule has 16 heteroatoms. The molecule has 4 N–H and O–H groups in total. The fourth-order valence-corrected chi connectivity index (χ4v) is 5.94. The van der Waals surface area contributed by atoms with E-state index in [-0.39, 0.29) is 35.9 Å². The SMILES string of the molecule is C=C/C=C\C=C(/C)OP(=O)(N[C@@H](C)C(=O)OCC(C)C)OC[C@H]1O[C@@H](n2ncc(NC(=O)C(CCC)CCC)nc2=O)C(O)C1O. The van der Waals surface area contributed by atoms with Crippen LogP contribution >= 0.6 is 7.75 Å². The number of hydrogen-bond acceptors (Lipinski definition) is 12. The number of hydrogen-bond donors (Lipinski definition) is 4. The van der Waals surface area contributed by atoms with Gasteiger partial charge in [-0.3, -0.25) is 14.1 Å². The Morgan fingerprint density at radius 1 is 1.17 bits per heavy atom. The lowest BCUT2D eigenvalue weighted by Crippen LogP contribution is -2.38. The van der Waals surface area contributed by atoms with E-state index in [1.807, 2.05) is 27.7 Å². The highest BCUT2D eigenvalue weighted by Crippen LogP contribution is 2.47. The number of rotatable bonds is 19. The van der Waals surface area contributed by atoms with Gasteiger partial charge in [-0.15, -0.1) is 0 Å². The van der Waals surface area contributed by atoms with E-state index in [0.29, 0.717) is 12.8 Å². The summed E-state index contributed by atoms with van der Waals surface area (Å²) in [5.41, 5.74) is -0.948. The van der Waals surface area contributed by atoms with Crippen molar-refractivity contribution in [2.24, 2.45) is 11.8 Å².